The maximum absolute atomic E-state index is 10.1. The van der Waals surface area contributed by atoms with E-state index in [0.717, 1.165) is 11.1 Å². The molecule has 1 aliphatic carbocycles. The fourth-order valence-electron chi connectivity index (χ4n) is 4.10. The molecule has 24 heavy (non-hydrogen) atoms. The number of benzene rings is 1. The highest BCUT2D eigenvalue weighted by Gasteiger charge is 2.93. The number of rotatable bonds is 5. The minimum Gasteiger partial charge on any atom is -0.386 e. The first kappa shape index (κ1) is 16.4. The van der Waals surface area contributed by atoms with Gasteiger partial charge in [-0.05, 0) is 26.3 Å². The second-order valence-electron chi connectivity index (χ2n) is 6.13. The van der Waals surface area contributed by atoms with Crippen molar-refractivity contribution in [3.8, 4) is 12.1 Å². The van der Waals surface area contributed by atoms with Crippen molar-refractivity contribution in [3.63, 3.8) is 0 Å². The zero-order valence-corrected chi connectivity index (χ0v) is 14.0. The smallest absolute Gasteiger partial charge is 0.293 e. The van der Waals surface area contributed by atoms with Crippen LogP contribution in [0.15, 0.2) is 29.3 Å². The average Bonchev–Trinajstić information content (AvgIpc) is 3.14. The Morgan fingerprint density at radius 1 is 1.21 bits per heavy atom. The van der Waals surface area contributed by atoms with E-state index in [0.29, 0.717) is 13.2 Å². The highest BCUT2D eigenvalue weighted by molar-refractivity contribution is 6.00. The predicted octanol–water partition coefficient (Wildman–Crippen LogP) is 2.21. The Balaban J connectivity index is 2.23. The van der Waals surface area contributed by atoms with Crippen molar-refractivity contribution < 1.29 is 9.47 Å². The molecule has 1 fully saturated rings. The van der Waals surface area contributed by atoms with Crippen LogP contribution in [-0.2, 0) is 9.47 Å². The van der Waals surface area contributed by atoms with Crippen molar-refractivity contribution in [1.29, 1.82) is 10.5 Å². The number of hydrogen-bond acceptors (Lipinski definition) is 6. The molecule has 6 nitrogen and oxygen atoms in total. The molecule has 2 N–H and O–H groups in total. The Hall–Kier alpha value is -2.41. The second-order valence-corrected chi connectivity index (χ2v) is 6.13. The third kappa shape index (κ3) is 1.62. The molecule has 0 bridgehead atoms. The molecule has 2 aliphatic rings. The molecule has 3 rings (SSSR count). The Bertz CT molecular complexity index is 785. The zero-order valence-electron chi connectivity index (χ0n) is 14.0. The number of hydrogen-bond donors (Lipinski definition) is 1. The van der Waals surface area contributed by atoms with Gasteiger partial charge in [0.05, 0.1) is 12.1 Å². The number of nitrogens with zero attached hydrogens (tertiary/aromatic N) is 3. The van der Waals surface area contributed by atoms with Crippen LogP contribution in [0.5, 0.6) is 0 Å². The van der Waals surface area contributed by atoms with E-state index < -0.39 is 22.7 Å². The molecule has 0 saturated heterocycles. The summed E-state index contributed by atoms with van der Waals surface area (Å²) in [7, 11) is 0. The van der Waals surface area contributed by atoms with E-state index >= 15 is 0 Å². The summed E-state index contributed by atoms with van der Waals surface area (Å²) in [6.45, 7) is 6.15. The molecule has 0 unspecified atom stereocenters. The molecule has 1 heterocycles. The van der Waals surface area contributed by atoms with E-state index in [9.17, 15) is 10.5 Å². The van der Waals surface area contributed by atoms with Crippen LogP contribution in [0.2, 0.25) is 0 Å². The molecule has 1 aromatic rings. The third-order valence-electron chi connectivity index (χ3n) is 4.98. The molecule has 1 aliphatic heterocycles. The third-order valence-corrected chi connectivity index (χ3v) is 4.98. The normalized spacial score (nSPS) is 32.4. The lowest BCUT2D eigenvalue weighted by atomic mass is 9.93. The lowest BCUT2D eigenvalue weighted by molar-refractivity contribution is -0.255. The van der Waals surface area contributed by atoms with Gasteiger partial charge in [-0.1, -0.05) is 29.8 Å². The predicted molar refractivity (Wildman–Crippen MR) is 87.6 cm³/mol. The summed E-state index contributed by atoms with van der Waals surface area (Å²) in [4.78, 5) is 4.32. The van der Waals surface area contributed by atoms with Crippen LogP contribution < -0.4 is 5.73 Å². The highest BCUT2D eigenvalue weighted by Crippen LogP contribution is 2.81. The van der Waals surface area contributed by atoms with Crippen molar-refractivity contribution in [2.75, 3.05) is 13.2 Å². The topological polar surface area (TPSA) is 104 Å². The quantitative estimate of drug-likeness (QED) is 0.836. The van der Waals surface area contributed by atoms with Crippen LogP contribution in [0, 0.1) is 40.4 Å². The SMILES string of the molecule is CCOC1(OCC)N=C(N)[C@]2(C#N)[C@H](c3cccc(C)c3)[C@]12C#N. The van der Waals surface area contributed by atoms with Crippen LogP contribution in [-0.4, -0.2) is 25.0 Å². The number of nitrogens with two attached hydrogens (primary N) is 1. The van der Waals surface area contributed by atoms with Gasteiger partial charge >= 0.3 is 0 Å². The summed E-state index contributed by atoms with van der Waals surface area (Å²) in [5.41, 5.74) is 5.57. The highest BCUT2D eigenvalue weighted by atomic mass is 16.7. The summed E-state index contributed by atoms with van der Waals surface area (Å²) in [5, 5.41) is 20.0. The molecular weight excluding hydrogens is 304 g/mol. The van der Waals surface area contributed by atoms with Crippen LogP contribution in [0.4, 0.5) is 0 Å². The van der Waals surface area contributed by atoms with Gasteiger partial charge in [-0.25, -0.2) is 4.99 Å². The molecule has 124 valence electrons. The first-order valence-corrected chi connectivity index (χ1v) is 8.02. The van der Waals surface area contributed by atoms with Gasteiger partial charge in [0.1, 0.15) is 11.3 Å². The number of aryl methyl sites for hydroxylation is 1. The van der Waals surface area contributed by atoms with E-state index in [-0.39, 0.29) is 5.84 Å². The molecular formula is C18H20N4O2. The van der Waals surface area contributed by atoms with E-state index in [1.165, 1.54) is 0 Å². The average molecular weight is 324 g/mol. The number of ether oxygens (including phenoxy) is 2. The van der Waals surface area contributed by atoms with E-state index in [1.54, 1.807) is 13.8 Å². The Morgan fingerprint density at radius 3 is 2.38 bits per heavy atom. The lowest BCUT2D eigenvalue weighted by Gasteiger charge is -2.31. The summed E-state index contributed by atoms with van der Waals surface area (Å²) in [6.07, 6.45) is 0. The molecule has 1 saturated carbocycles. The number of nitriles is 2. The maximum Gasteiger partial charge on any atom is 0.293 e. The van der Waals surface area contributed by atoms with Gasteiger partial charge in [-0.3, -0.25) is 0 Å². The Labute approximate surface area is 141 Å². The minimum atomic E-state index is -1.54. The van der Waals surface area contributed by atoms with Crippen LogP contribution in [0.25, 0.3) is 0 Å². The fraction of sp³-hybridized carbons (Fsp3) is 0.500. The van der Waals surface area contributed by atoms with E-state index in [4.69, 9.17) is 15.2 Å². The van der Waals surface area contributed by atoms with Crippen LogP contribution in [0.3, 0.4) is 0 Å². The van der Waals surface area contributed by atoms with Gasteiger partial charge in [-0.2, -0.15) is 10.5 Å². The van der Waals surface area contributed by atoms with Crippen molar-refractivity contribution in [2.24, 2.45) is 21.6 Å². The summed E-state index contributed by atoms with van der Waals surface area (Å²) < 4.78 is 11.6. The van der Waals surface area contributed by atoms with Gasteiger partial charge in [0.2, 0.25) is 0 Å². The Morgan fingerprint density at radius 2 is 1.88 bits per heavy atom. The molecule has 0 spiro atoms. The molecule has 0 aromatic heterocycles. The summed E-state index contributed by atoms with van der Waals surface area (Å²) >= 11 is 0. The van der Waals surface area contributed by atoms with Gasteiger partial charge in [-0.15, -0.1) is 0 Å². The van der Waals surface area contributed by atoms with E-state index in [1.807, 2.05) is 31.2 Å². The summed E-state index contributed by atoms with van der Waals surface area (Å²) in [6, 6.07) is 12.3. The first-order valence-electron chi connectivity index (χ1n) is 8.02. The van der Waals surface area contributed by atoms with Gasteiger partial charge < -0.3 is 15.2 Å². The second kappa shape index (κ2) is 5.31. The standard InChI is InChI=1S/C18H20N4O2/c1-4-23-18(24-5-2)17(11-20)14(13-8-6-7-12(3)9-13)16(17,10-19)15(21)22-18/h6-9,14H,4-5H2,1-3H3,(H2,21,22)/t14-,16-,17-/m0/s1. The van der Waals surface area contributed by atoms with Crippen LogP contribution >= 0.6 is 0 Å². The molecule has 0 radical (unpaired) electrons. The van der Waals surface area contributed by atoms with Crippen molar-refractivity contribution >= 4 is 5.84 Å². The minimum absolute atomic E-state index is 0.111. The zero-order chi connectivity index (χ0) is 17.6. The van der Waals surface area contributed by atoms with Gasteiger partial charge in [0.25, 0.3) is 5.91 Å². The molecule has 1 aromatic carbocycles. The van der Waals surface area contributed by atoms with Crippen molar-refractivity contribution in [3.05, 3.63) is 35.4 Å². The molecule has 0 amide bonds. The fourth-order valence-corrected chi connectivity index (χ4v) is 4.10. The molecule has 6 heteroatoms. The van der Waals surface area contributed by atoms with Gasteiger partial charge in [0.15, 0.2) is 5.41 Å². The largest absolute Gasteiger partial charge is 0.386 e. The molecule has 3 atom stereocenters. The summed E-state index contributed by atoms with van der Waals surface area (Å²) in [5.74, 6) is -1.87. The first-order chi connectivity index (χ1) is 11.5. The Kier molecular flexibility index (Phi) is 3.64. The number of aliphatic imine (C=N–C) groups is 1. The lowest BCUT2D eigenvalue weighted by Crippen LogP contribution is -2.43. The van der Waals surface area contributed by atoms with Crippen LogP contribution in [0.1, 0.15) is 30.9 Å². The van der Waals surface area contributed by atoms with Crippen molar-refractivity contribution in [1.82, 2.24) is 0 Å². The maximum atomic E-state index is 10.1. The van der Waals surface area contributed by atoms with Crippen molar-refractivity contribution in [2.45, 2.75) is 32.6 Å². The number of fused-ring (bicyclic) bond motifs is 1. The monoisotopic (exact) mass is 324 g/mol. The van der Waals surface area contributed by atoms with Gasteiger partial charge in [0, 0.05) is 19.1 Å². The van der Waals surface area contributed by atoms with E-state index in [2.05, 4.69) is 17.1 Å². The number of amidine groups is 1.